The third-order valence-electron chi connectivity index (χ3n) is 4.06. The van der Waals surface area contributed by atoms with Gasteiger partial charge in [-0.25, -0.2) is 4.52 Å². The first kappa shape index (κ1) is 21.4. The zero-order valence-corrected chi connectivity index (χ0v) is 18.9. The second kappa shape index (κ2) is 8.59. The van der Waals surface area contributed by atoms with E-state index in [0.29, 0.717) is 5.56 Å². The summed E-state index contributed by atoms with van der Waals surface area (Å²) in [6, 6.07) is 9.83. The summed E-state index contributed by atoms with van der Waals surface area (Å²) in [5.41, 5.74) is 4.76. The van der Waals surface area contributed by atoms with Crippen LogP contribution in [0.4, 0.5) is 5.69 Å². The quantitative estimate of drug-likeness (QED) is 0.482. The molecular weight excluding hydrogens is 394 g/mol. The third-order valence-corrected chi connectivity index (χ3v) is 4.93. The minimum absolute atomic E-state index is 0.131. The number of hydrogen-bond acceptors (Lipinski definition) is 7. The lowest BCUT2D eigenvalue weighted by atomic mass is 10.1. The van der Waals surface area contributed by atoms with E-state index >= 15 is 0 Å². The molecule has 0 amide bonds. The summed E-state index contributed by atoms with van der Waals surface area (Å²) in [5.74, 6) is 0. The minimum Gasteiger partial charge on any atom is -0.380 e. The molecule has 7 nitrogen and oxygen atoms in total. The van der Waals surface area contributed by atoms with Gasteiger partial charge in [0.25, 0.3) is 0 Å². The molecular formula is C22H25N7S. The molecule has 0 bridgehead atoms. The Balaban J connectivity index is 0.00000124. The second-order valence-electron chi connectivity index (χ2n) is 7.53. The van der Waals surface area contributed by atoms with Crippen molar-refractivity contribution < 1.29 is 0 Å². The summed E-state index contributed by atoms with van der Waals surface area (Å²) in [6.45, 7) is 12.3. The van der Waals surface area contributed by atoms with Gasteiger partial charge in [-0.2, -0.15) is 10.4 Å². The highest BCUT2D eigenvalue weighted by atomic mass is 32.1. The maximum Gasteiger partial charge on any atom is 0.151 e. The van der Waals surface area contributed by atoms with Crippen LogP contribution in [0, 0.1) is 18.3 Å². The van der Waals surface area contributed by atoms with Crippen molar-refractivity contribution in [1.29, 1.82) is 5.26 Å². The number of aryl methyl sites for hydroxylation is 1. The number of fused-ring (bicyclic) bond motifs is 1. The van der Waals surface area contributed by atoms with E-state index in [1.54, 1.807) is 22.0 Å². The lowest BCUT2D eigenvalue weighted by Crippen LogP contribution is -2.26. The van der Waals surface area contributed by atoms with Crippen LogP contribution >= 0.6 is 11.3 Å². The zero-order valence-electron chi connectivity index (χ0n) is 18.1. The summed E-state index contributed by atoms with van der Waals surface area (Å²) >= 11 is 1.54. The third kappa shape index (κ3) is 4.47. The molecule has 0 aromatic carbocycles. The maximum absolute atomic E-state index is 9.08. The second-order valence-corrected chi connectivity index (χ2v) is 8.71. The first-order valence-corrected chi connectivity index (χ1v) is 10.6. The summed E-state index contributed by atoms with van der Waals surface area (Å²) < 4.78 is 1.79. The van der Waals surface area contributed by atoms with E-state index in [1.165, 1.54) is 0 Å². The molecule has 0 fully saturated rings. The van der Waals surface area contributed by atoms with Crippen LogP contribution in [0.15, 0.2) is 36.7 Å². The van der Waals surface area contributed by atoms with E-state index in [1.807, 2.05) is 51.2 Å². The highest BCUT2D eigenvalue weighted by Crippen LogP contribution is 2.34. The fraction of sp³-hybridized carbons (Fsp3) is 0.318. The zero-order chi connectivity index (χ0) is 21.9. The Labute approximate surface area is 180 Å². The van der Waals surface area contributed by atoms with Crippen molar-refractivity contribution in [1.82, 2.24) is 24.8 Å². The van der Waals surface area contributed by atoms with E-state index < -0.39 is 0 Å². The Kier molecular flexibility index (Phi) is 6.13. The van der Waals surface area contributed by atoms with E-state index in [2.05, 4.69) is 52.4 Å². The smallest absolute Gasteiger partial charge is 0.151 e. The van der Waals surface area contributed by atoms with Crippen molar-refractivity contribution in [2.45, 2.75) is 47.1 Å². The van der Waals surface area contributed by atoms with Crippen LogP contribution in [0.3, 0.4) is 0 Å². The van der Waals surface area contributed by atoms with E-state index in [0.717, 1.165) is 38.2 Å². The summed E-state index contributed by atoms with van der Waals surface area (Å²) in [6.07, 6.45) is 3.38. The predicted octanol–water partition coefficient (Wildman–Crippen LogP) is 5.33. The van der Waals surface area contributed by atoms with Gasteiger partial charge < -0.3 is 5.32 Å². The van der Waals surface area contributed by atoms with Crippen molar-refractivity contribution in [3.63, 3.8) is 0 Å². The van der Waals surface area contributed by atoms with Crippen LogP contribution < -0.4 is 5.32 Å². The van der Waals surface area contributed by atoms with Gasteiger partial charge in [-0.05, 0) is 52.0 Å². The topological polar surface area (TPSA) is 91.8 Å². The molecule has 154 valence electrons. The average molecular weight is 420 g/mol. The summed E-state index contributed by atoms with van der Waals surface area (Å²) in [4.78, 5) is 4.66. The molecule has 0 aliphatic rings. The average Bonchev–Trinajstić information content (AvgIpc) is 3.34. The molecule has 0 atom stereocenters. The standard InChI is InChI=1S/C20H19N7S.C2H6/c1-12-25-26-19(28-12)15-11-22-17(8-16(15)24-20(2,3)4)18-6-5-14-7-13(9-21)10-23-27(14)18;1-2/h5-8,10-11H,1-4H3,(H,22,24);1-2H3. The highest BCUT2D eigenvalue weighted by molar-refractivity contribution is 7.14. The summed E-state index contributed by atoms with van der Waals surface area (Å²) in [5, 5.41) is 27.2. The van der Waals surface area contributed by atoms with Gasteiger partial charge in [0.05, 0.1) is 34.2 Å². The number of pyridine rings is 1. The fourth-order valence-corrected chi connectivity index (χ4v) is 3.65. The molecule has 0 radical (unpaired) electrons. The van der Waals surface area contributed by atoms with Gasteiger partial charge in [0, 0.05) is 17.4 Å². The van der Waals surface area contributed by atoms with Crippen LogP contribution in [0.25, 0.3) is 27.5 Å². The normalized spacial score (nSPS) is 11.0. The lowest BCUT2D eigenvalue weighted by Gasteiger charge is -2.24. The molecule has 30 heavy (non-hydrogen) atoms. The molecule has 0 spiro atoms. The molecule has 8 heteroatoms. The SMILES string of the molecule is CC.Cc1nnc(-c2cnc(-c3ccc4cc(C#N)cnn34)cc2NC(C)(C)C)s1. The van der Waals surface area contributed by atoms with Gasteiger partial charge in [0.2, 0.25) is 0 Å². The number of nitriles is 1. The van der Waals surface area contributed by atoms with Gasteiger partial charge in [-0.15, -0.1) is 10.2 Å². The first-order chi connectivity index (χ1) is 14.3. The van der Waals surface area contributed by atoms with Gasteiger partial charge >= 0.3 is 0 Å². The fourth-order valence-electron chi connectivity index (χ4n) is 2.93. The molecule has 1 N–H and O–H groups in total. The Bertz CT molecular complexity index is 1210. The van der Waals surface area contributed by atoms with Crippen molar-refractivity contribution >= 4 is 22.5 Å². The Morgan fingerprint density at radius 3 is 2.50 bits per heavy atom. The van der Waals surface area contributed by atoms with Crippen LogP contribution in [0.2, 0.25) is 0 Å². The molecule has 4 aromatic heterocycles. The maximum atomic E-state index is 9.08. The number of aromatic nitrogens is 5. The molecule has 0 saturated heterocycles. The number of rotatable bonds is 3. The molecule has 0 unspecified atom stereocenters. The number of hydrogen-bond donors (Lipinski definition) is 1. The van der Waals surface area contributed by atoms with Crippen LogP contribution in [-0.2, 0) is 0 Å². The Morgan fingerprint density at radius 1 is 1.10 bits per heavy atom. The van der Waals surface area contributed by atoms with E-state index in [-0.39, 0.29) is 5.54 Å². The molecule has 4 heterocycles. The first-order valence-electron chi connectivity index (χ1n) is 9.81. The number of anilines is 1. The number of nitrogens with one attached hydrogen (secondary N) is 1. The van der Waals surface area contributed by atoms with Crippen molar-refractivity contribution in [2.24, 2.45) is 0 Å². The minimum atomic E-state index is -0.131. The Hall–Kier alpha value is -3.31. The molecule has 0 aliphatic carbocycles. The lowest BCUT2D eigenvalue weighted by molar-refractivity contribution is 0.634. The predicted molar refractivity (Wildman–Crippen MR) is 122 cm³/mol. The van der Waals surface area contributed by atoms with Crippen molar-refractivity contribution in [3.8, 4) is 28.0 Å². The Morgan fingerprint density at radius 2 is 1.87 bits per heavy atom. The van der Waals surface area contributed by atoms with E-state index in [4.69, 9.17) is 5.26 Å². The monoisotopic (exact) mass is 419 g/mol. The van der Waals surface area contributed by atoms with Crippen molar-refractivity contribution in [2.75, 3.05) is 5.32 Å². The van der Waals surface area contributed by atoms with Crippen molar-refractivity contribution in [3.05, 3.63) is 47.2 Å². The highest BCUT2D eigenvalue weighted by Gasteiger charge is 2.18. The molecule has 0 saturated carbocycles. The molecule has 4 aromatic rings. The largest absolute Gasteiger partial charge is 0.380 e. The van der Waals surface area contributed by atoms with Crippen LogP contribution in [-0.4, -0.2) is 30.3 Å². The van der Waals surface area contributed by atoms with Gasteiger partial charge in [-0.3, -0.25) is 4.98 Å². The van der Waals surface area contributed by atoms with Gasteiger partial charge in [-0.1, -0.05) is 25.2 Å². The molecule has 4 rings (SSSR count). The summed E-state index contributed by atoms with van der Waals surface area (Å²) in [7, 11) is 0. The van der Waals surface area contributed by atoms with Gasteiger partial charge in [0.15, 0.2) is 5.01 Å². The van der Waals surface area contributed by atoms with Gasteiger partial charge in [0.1, 0.15) is 11.1 Å². The van der Waals surface area contributed by atoms with Crippen LogP contribution in [0.5, 0.6) is 0 Å². The molecule has 0 aliphatic heterocycles. The van der Waals surface area contributed by atoms with Crippen LogP contribution in [0.1, 0.15) is 45.2 Å². The number of nitrogens with zero attached hydrogens (tertiary/aromatic N) is 6. The van der Waals surface area contributed by atoms with E-state index in [9.17, 15) is 0 Å².